The number of piperidine rings is 1. The SMILES string of the molecule is O=C(Cc1ccc(F)cc1)N1CC2CCCNC2C1. The van der Waals surface area contributed by atoms with E-state index < -0.39 is 0 Å². The monoisotopic (exact) mass is 262 g/mol. The van der Waals surface area contributed by atoms with E-state index in [9.17, 15) is 9.18 Å². The number of amides is 1. The first kappa shape index (κ1) is 12.6. The van der Waals surface area contributed by atoms with Crippen LogP contribution in [0.25, 0.3) is 0 Å². The van der Waals surface area contributed by atoms with Crippen LogP contribution in [0.15, 0.2) is 24.3 Å². The highest BCUT2D eigenvalue weighted by molar-refractivity contribution is 5.79. The van der Waals surface area contributed by atoms with Crippen molar-refractivity contribution in [1.29, 1.82) is 0 Å². The summed E-state index contributed by atoms with van der Waals surface area (Å²) >= 11 is 0. The van der Waals surface area contributed by atoms with Crippen molar-refractivity contribution in [2.75, 3.05) is 19.6 Å². The molecule has 2 saturated heterocycles. The van der Waals surface area contributed by atoms with Crippen LogP contribution in [0.1, 0.15) is 18.4 Å². The summed E-state index contributed by atoms with van der Waals surface area (Å²) in [7, 11) is 0. The molecular weight excluding hydrogens is 243 g/mol. The average molecular weight is 262 g/mol. The third kappa shape index (κ3) is 2.78. The summed E-state index contributed by atoms with van der Waals surface area (Å²) in [5, 5.41) is 3.49. The predicted molar refractivity (Wildman–Crippen MR) is 71.2 cm³/mol. The summed E-state index contributed by atoms with van der Waals surface area (Å²) in [5.41, 5.74) is 0.884. The van der Waals surface area contributed by atoms with Gasteiger partial charge in [-0.15, -0.1) is 0 Å². The lowest BCUT2D eigenvalue weighted by atomic mass is 9.94. The van der Waals surface area contributed by atoms with E-state index in [-0.39, 0.29) is 11.7 Å². The fraction of sp³-hybridized carbons (Fsp3) is 0.533. The van der Waals surface area contributed by atoms with Gasteiger partial charge in [-0.1, -0.05) is 12.1 Å². The van der Waals surface area contributed by atoms with Crippen LogP contribution >= 0.6 is 0 Å². The van der Waals surface area contributed by atoms with Crippen LogP contribution < -0.4 is 5.32 Å². The van der Waals surface area contributed by atoms with E-state index in [1.807, 2.05) is 4.90 Å². The van der Waals surface area contributed by atoms with Crippen LogP contribution in [0, 0.1) is 11.7 Å². The van der Waals surface area contributed by atoms with Crippen molar-refractivity contribution in [3.63, 3.8) is 0 Å². The number of halogens is 1. The standard InChI is InChI=1S/C15H19FN2O/c16-13-5-3-11(4-6-13)8-15(19)18-9-12-2-1-7-17-14(12)10-18/h3-6,12,14,17H,1-2,7-10H2. The molecule has 2 aliphatic heterocycles. The molecule has 4 heteroatoms. The van der Waals surface area contributed by atoms with Gasteiger partial charge in [0.05, 0.1) is 6.42 Å². The first-order valence-corrected chi connectivity index (χ1v) is 6.98. The van der Waals surface area contributed by atoms with Crippen molar-refractivity contribution in [3.8, 4) is 0 Å². The van der Waals surface area contributed by atoms with E-state index in [0.717, 1.165) is 25.2 Å². The summed E-state index contributed by atoms with van der Waals surface area (Å²) in [5.74, 6) is 0.515. The molecule has 1 aromatic rings. The number of fused-ring (bicyclic) bond motifs is 1. The molecule has 3 nitrogen and oxygen atoms in total. The van der Waals surface area contributed by atoms with Gasteiger partial charge in [0.25, 0.3) is 0 Å². The molecule has 1 aromatic carbocycles. The fourth-order valence-corrected chi connectivity index (χ4v) is 3.14. The van der Waals surface area contributed by atoms with Crippen LogP contribution in [0.3, 0.4) is 0 Å². The Kier molecular flexibility index (Phi) is 3.51. The molecule has 2 heterocycles. The van der Waals surface area contributed by atoms with Gasteiger partial charge in [0.1, 0.15) is 5.82 Å². The number of benzene rings is 1. The number of likely N-dealkylation sites (tertiary alicyclic amines) is 1. The predicted octanol–water partition coefficient (Wildman–Crippen LogP) is 1.58. The van der Waals surface area contributed by atoms with Gasteiger partial charge in [-0.2, -0.15) is 0 Å². The summed E-state index contributed by atoms with van der Waals surface area (Å²) in [6, 6.07) is 6.68. The van der Waals surface area contributed by atoms with Crippen molar-refractivity contribution < 1.29 is 9.18 Å². The summed E-state index contributed by atoms with van der Waals surface area (Å²) in [4.78, 5) is 14.2. The molecule has 2 aliphatic rings. The molecular formula is C15H19FN2O. The summed E-state index contributed by atoms with van der Waals surface area (Å²) < 4.78 is 12.8. The van der Waals surface area contributed by atoms with Crippen LogP contribution in [0.2, 0.25) is 0 Å². The number of nitrogens with zero attached hydrogens (tertiary/aromatic N) is 1. The molecule has 102 valence electrons. The third-order valence-electron chi connectivity index (χ3n) is 4.22. The van der Waals surface area contributed by atoms with E-state index >= 15 is 0 Å². The van der Waals surface area contributed by atoms with Gasteiger partial charge in [0.15, 0.2) is 0 Å². The number of carbonyl (C=O) groups is 1. The average Bonchev–Trinajstić information content (AvgIpc) is 2.85. The van der Waals surface area contributed by atoms with Crippen molar-refractivity contribution in [2.45, 2.75) is 25.3 Å². The molecule has 19 heavy (non-hydrogen) atoms. The Morgan fingerprint density at radius 2 is 2.11 bits per heavy atom. The molecule has 0 saturated carbocycles. The third-order valence-corrected chi connectivity index (χ3v) is 4.22. The van der Waals surface area contributed by atoms with Crippen LogP contribution in [0.5, 0.6) is 0 Å². The van der Waals surface area contributed by atoms with Gasteiger partial charge < -0.3 is 10.2 Å². The number of hydrogen-bond donors (Lipinski definition) is 1. The second-order valence-corrected chi connectivity index (χ2v) is 5.56. The van der Waals surface area contributed by atoms with Gasteiger partial charge >= 0.3 is 0 Å². The Hall–Kier alpha value is -1.42. The number of rotatable bonds is 2. The fourth-order valence-electron chi connectivity index (χ4n) is 3.14. The first-order chi connectivity index (χ1) is 9.22. The van der Waals surface area contributed by atoms with E-state index in [2.05, 4.69) is 5.32 Å². The second-order valence-electron chi connectivity index (χ2n) is 5.56. The summed E-state index contributed by atoms with van der Waals surface area (Å²) in [6.07, 6.45) is 2.80. The smallest absolute Gasteiger partial charge is 0.227 e. The molecule has 0 aromatic heterocycles. The minimum atomic E-state index is -0.257. The molecule has 2 fully saturated rings. The maximum absolute atomic E-state index is 12.8. The topological polar surface area (TPSA) is 32.3 Å². The van der Waals surface area contributed by atoms with Gasteiger partial charge in [0.2, 0.25) is 5.91 Å². The number of hydrogen-bond acceptors (Lipinski definition) is 2. The molecule has 2 atom stereocenters. The number of nitrogens with one attached hydrogen (secondary N) is 1. The molecule has 0 bridgehead atoms. The molecule has 1 amide bonds. The molecule has 1 N–H and O–H groups in total. The zero-order chi connectivity index (χ0) is 13.2. The van der Waals surface area contributed by atoms with Crippen LogP contribution in [0.4, 0.5) is 4.39 Å². The summed E-state index contributed by atoms with van der Waals surface area (Å²) in [6.45, 7) is 2.77. The van der Waals surface area contributed by atoms with Crippen molar-refractivity contribution >= 4 is 5.91 Å². The van der Waals surface area contributed by atoms with Crippen molar-refractivity contribution in [1.82, 2.24) is 10.2 Å². The highest BCUT2D eigenvalue weighted by Gasteiger charge is 2.36. The van der Waals surface area contributed by atoms with Gasteiger partial charge in [-0.05, 0) is 43.0 Å². The molecule has 0 aliphatic carbocycles. The Morgan fingerprint density at radius 3 is 2.84 bits per heavy atom. The van der Waals surface area contributed by atoms with Gasteiger partial charge in [-0.25, -0.2) is 4.39 Å². The maximum atomic E-state index is 12.8. The highest BCUT2D eigenvalue weighted by Crippen LogP contribution is 2.25. The normalized spacial score (nSPS) is 26.3. The Balaban J connectivity index is 1.60. The largest absolute Gasteiger partial charge is 0.341 e. The zero-order valence-electron chi connectivity index (χ0n) is 10.9. The lowest BCUT2D eigenvalue weighted by Gasteiger charge is -2.24. The second kappa shape index (κ2) is 5.29. The lowest BCUT2D eigenvalue weighted by Crippen LogP contribution is -2.41. The zero-order valence-corrected chi connectivity index (χ0v) is 10.9. The molecule has 0 spiro atoms. The minimum Gasteiger partial charge on any atom is -0.341 e. The number of carbonyl (C=O) groups excluding carboxylic acids is 1. The lowest BCUT2D eigenvalue weighted by molar-refractivity contribution is -0.129. The van der Waals surface area contributed by atoms with E-state index in [1.54, 1.807) is 12.1 Å². The van der Waals surface area contributed by atoms with Gasteiger partial charge in [-0.3, -0.25) is 4.79 Å². The van der Waals surface area contributed by atoms with E-state index in [4.69, 9.17) is 0 Å². The van der Waals surface area contributed by atoms with E-state index in [0.29, 0.717) is 18.4 Å². The van der Waals surface area contributed by atoms with Crippen LogP contribution in [-0.2, 0) is 11.2 Å². The molecule has 0 radical (unpaired) electrons. The van der Waals surface area contributed by atoms with Crippen molar-refractivity contribution in [3.05, 3.63) is 35.6 Å². The minimum absolute atomic E-state index is 0.155. The highest BCUT2D eigenvalue weighted by atomic mass is 19.1. The van der Waals surface area contributed by atoms with Gasteiger partial charge in [0, 0.05) is 19.1 Å². The Morgan fingerprint density at radius 1 is 1.32 bits per heavy atom. The molecule has 2 unspecified atom stereocenters. The first-order valence-electron chi connectivity index (χ1n) is 6.98. The van der Waals surface area contributed by atoms with E-state index in [1.165, 1.54) is 25.0 Å². The molecule has 3 rings (SSSR count). The maximum Gasteiger partial charge on any atom is 0.227 e. The Labute approximate surface area is 112 Å². The van der Waals surface area contributed by atoms with Crippen LogP contribution in [-0.4, -0.2) is 36.5 Å². The quantitative estimate of drug-likeness (QED) is 0.877. The van der Waals surface area contributed by atoms with Crippen molar-refractivity contribution in [2.24, 2.45) is 5.92 Å². The Bertz CT molecular complexity index is 446.